The van der Waals surface area contributed by atoms with Crippen molar-refractivity contribution in [3.63, 3.8) is 0 Å². The first-order chi connectivity index (χ1) is 22.4. The first-order valence-electron chi connectivity index (χ1n) is 15.1. The maximum absolute atomic E-state index is 11.5. The molecule has 0 radical (unpaired) electrons. The summed E-state index contributed by atoms with van der Waals surface area (Å²) in [6, 6.07) is 11.5. The van der Waals surface area contributed by atoms with Crippen molar-refractivity contribution in [1.82, 2.24) is 35.5 Å². The number of carbonyl (C=O) groups is 1. The molecule has 1 unspecified atom stereocenters. The van der Waals surface area contributed by atoms with Gasteiger partial charge in [-0.2, -0.15) is 0 Å². The molecule has 6 rings (SSSR count). The number of aromatic nitrogens is 4. The Bertz CT molecular complexity index is 1730. The molecule has 0 saturated carbocycles. The zero-order valence-electron chi connectivity index (χ0n) is 25.6. The van der Waals surface area contributed by atoms with Crippen LogP contribution in [0.5, 0.6) is 11.8 Å². The average Bonchev–Trinajstić information content (AvgIpc) is 3.47. The van der Waals surface area contributed by atoms with E-state index in [9.17, 15) is 9.90 Å². The zero-order valence-corrected chi connectivity index (χ0v) is 27.1. The summed E-state index contributed by atoms with van der Waals surface area (Å²) in [4.78, 5) is 32.4. The molecule has 2 saturated heterocycles. The number of likely N-dealkylation sites (tertiary alicyclic amines) is 1. The molecule has 0 spiro atoms. The van der Waals surface area contributed by atoms with Crippen molar-refractivity contribution in [1.29, 1.82) is 0 Å². The number of aliphatic hydroxyl groups is 1. The number of methoxy groups -OCH3 is 2. The molecule has 1 amide bonds. The van der Waals surface area contributed by atoms with Crippen LogP contribution >= 0.6 is 23.2 Å². The van der Waals surface area contributed by atoms with E-state index >= 15 is 0 Å². The zero-order chi connectivity index (χ0) is 32.2. The molecular weight excluding hydrogens is 629 g/mol. The highest BCUT2D eigenvalue weighted by Crippen LogP contribution is 2.42. The lowest BCUT2D eigenvalue weighted by Crippen LogP contribution is -2.47. The normalized spacial score (nSPS) is 16.7. The van der Waals surface area contributed by atoms with Crippen molar-refractivity contribution in [2.24, 2.45) is 5.92 Å². The standard InChI is InChI=1S/C33H35Cl2N7O4/c1-45-32-27(12-36-11-20-9-10-29(44)39-20)37-13-25(40-32)23-7-3-5-21(30(23)34)22-6-4-8-24(31(22)35)26-14-38-28(33(41-26)46-2)17-42-15-19(16-42)18-43/h3-8,13-14,19-20,36,43H,9-12,15-18H2,1-2H3,(H,39,44). The molecule has 240 valence electrons. The number of halogens is 2. The maximum atomic E-state index is 11.5. The van der Waals surface area contributed by atoms with Crippen LogP contribution in [0.4, 0.5) is 0 Å². The van der Waals surface area contributed by atoms with Crippen molar-refractivity contribution in [2.75, 3.05) is 40.5 Å². The van der Waals surface area contributed by atoms with Crippen LogP contribution in [0.2, 0.25) is 10.0 Å². The van der Waals surface area contributed by atoms with Crippen LogP contribution in [-0.2, 0) is 17.9 Å². The van der Waals surface area contributed by atoms with E-state index in [0.29, 0.717) is 82.0 Å². The van der Waals surface area contributed by atoms with Gasteiger partial charge in [0.25, 0.3) is 0 Å². The molecule has 2 aliphatic heterocycles. The fraction of sp³-hybridized carbons (Fsp3) is 0.364. The predicted octanol–water partition coefficient (Wildman–Crippen LogP) is 4.38. The van der Waals surface area contributed by atoms with Crippen LogP contribution in [0, 0.1) is 5.92 Å². The van der Waals surface area contributed by atoms with Gasteiger partial charge in [0.15, 0.2) is 0 Å². The minimum absolute atomic E-state index is 0.0832. The van der Waals surface area contributed by atoms with Crippen molar-refractivity contribution >= 4 is 29.1 Å². The van der Waals surface area contributed by atoms with Gasteiger partial charge in [-0.15, -0.1) is 0 Å². The number of carbonyl (C=O) groups excluding carboxylic acids is 1. The van der Waals surface area contributed by atoms with Crippen molar-refractivity contribution in [2.45, 2.75) is 32.0 Å². The van der Waals surface area contributed by atoms with E-state index < -0.39 is 0 Å². The van der Waals surface area contributed by atoms with Gasteiger partial charge in [0, 0.05) is 80.0 Å². The fourth-order valence-corrected chi connectivity index (χ4v) is 6.46. The molecule has 0 aliphatic carbocycles. The topological polar surface area (TPSA) is 135 Å². The minimum atomic E-state index is 0.0832. The van der Waals surface area contributed by atoms with Crippen LogP contribution in [0.25, 0.3) is 33.6 Å². The Kier molecular flexibility index (Phi) is 9.95. The third kappa shape index (κ3) is 6.79. The van der Waals surface area contributed by atoms with E-state index in [-0.39, 0.29) is 18.6 Å². The Labute approximate surface area is 277 Å². The molecule has 13 heteroatoms. The number of hydrogen-bond acceptors (Lipinski definition) is 10. The van der Waals surface area contributed by atoms with Gasteiger partial charge in [0.2, 0.25) is 17.7 Å². The third-order valence-electron chi connectivity index (χ3n) is 8.28. The Hall–Kier alpha value is -3.87. The number of hydrogen-bond donors (Lipinski definition) is 3. The van der Waals surface area contributed by atoms with Gasteiger partial charge in [-0.05, 0) is 6.42 Å². The third-order valence-corrected chi connectivity index (χ3v) is 9.10. The number of ether oxygens (including phenoxy) is 2. The highest BCUT2D eigenvalue weighted by atomic mass is 35.5. The summed E-state index contributed by atoms with van der Waals surface area (Å²) >= 11 is 14.1. The predicted molar refractivity (Wildman–Crippen MR) is 176 cm³/mol. The summed E-state index contributed by atoms with van der Waals surface area (Å²) in [5.41, 5.74) is 5.34. The van der Waals surface area contributed by atoms with Crippen LogP contribution < -0.4 is 20.1 Å². The molecule has 46 heavy (non-hydrogen) atoms. The Balaban J connectivity index is 1.23. The largest absolute Gasteiger partial charge is 0.480 e. The molecule has 3 N–H and O–H groups in total. The summed E-state index contributed by atoms with van der Waals surface area (Å²) in [5, 5.41) is 16.5. The summed E-state index contributed by atoms with van der Waals surface area (Å²) in [7, 11) is 3.13. The number of nitrogens with one attached hydrogen (secondary N) is 2. The molecule has 2 aliphatic rings. The van der Waals surface area contributed by atoms with Gasteiger partial charge in [-0.25, -0.2) is 9.97 Å². The SMILES string of the molecule is COc1nc(-c2cccc(-c3cccc(-c4cnc(CN5CC(CO)C5)c(OC)n4)c3Cl)c2Cl)cnc1CNCC1CCC(=O)N1. The summed E-state index contributed by atoms with van der Waals surface area (Å²) in [6.45, 7) is 3.50. The van der Waals surface area contributed by atoms with Gasteiger partial charge >= 0.3 is 0 Å². The second-order valence-corrected chi connectivity index (χ2v) is 12.2. The van der Waals surface area contributed by atoms with E-state index in [2.05, 4.69) is 25.5 Å². The molecule has 2 aromatic heterocycles. The Morgan fingerprint density at radius 3 is 2.02 bits per heavy atom. The first-order valence-corrected chi connectivity index (χ1v) is 15.8. The van der Waals surface area contributed by atoms with Gasteiger partial charge in [-0.3, -0.25) is 19.7 Å². The van der Waals surface area contributed by atoms with Crippen LogP contribution in [0.1, 0.15) is 24.2 Å². The summed E-state index contributed by atoms with van der Waals surface area (Å²) < 4.78 is 11.2. The van der Waals surface area contributed by atoms with E-state index in [0.717, 1.165) is 36.3 Å². The Morgan fingerprint density at radius 1 is 0.913 bits per heavy atom. The quantitative estimate of drug-likeness (QED) is 0.200. The number of nitrogens with zero attached hydrogens (tertiary/aromatic N) is 5. The molecule has 4 heterocycles. The van der Waals surface area contributed by atoms with Gasteiger partial charge in [0.1, 0.15) is 11.4 Å². The molecule has 2 fully saturated rings. The van der Waals surface area contributed by atoms with E-state index in [1.165, 1.54) is 0 Å². The minimum Gasteiger partial charge on any atom is -0.480 e. The van der Waals surface area contributed by atoms with E-state index in [1.54, 1.807) is 26.6 Å². The molecule has 1 atom stereocenters. The lowest BCUT2D eigenvalue weighted by Gasteiger charge is -2.37. The first kappa shape index (κ1) is 32.1. The lowest BCUT2D eigenvalue weighted by atomic mass is 9.98. The van der Waals surface area contributed by atoms with Crippen LogP contribution in [0.15, 0.2) is 48.8 Å². The average molecular weight is 665 g/mol. The molecular formula is C33H35Cl2N7O4. The molecule has 0 bridgehead atoms. The van der Waals surface area contributed by atoms with Crippen LogP contribution in [-0.4, -0.2) is 82.4 Å². The summed E-state index contributed by atoms with van der Waals surface area (Å²) in [5.74, 6) is 1.21. The number of aliphatic hydroxyl groups excluding tert-OH is 1. The van der Waals surface area contributed by atoms with Gasteiger partial charge < -0.3 is 25.2 Å². The molecule has 2 aromatic carbocycles. The monoisotopic (exact) mass is 663 g/mol. The second-order valence-electron chi connectivity index (χ2n) is 11.4. The number of benzene rings is 2. The Morgan fingerprint density at radius 2 is 1.48 bits per heavy atom. The highest BCUT2D eigenvalue weighted by molar-refractivity contribution is 6.39. The molecule has 4 aromatic rings. The maximum Gasteiger partial charge on any atom is 0.237 e. The molecule has 11 nitrogen and oxygen atoms in total. The van der Waals surface area contributed by atoms with Crippen LogP contribution in [0.3, 0.4) is 0 Å². The number of amides is 1. The highest BCUT2D eigenvalue weighted by Gasteiger charge is 2.28. The fourth-order valence-electron chi connectivity index (χ4n) is 5.81. The van der Waals surface area contributed by atoms with Crippen molar-refractivity contribution in [3.8, 4) is 45.4 Å². The van der Waals surface area contributed by atoms with Crippen molar-refractivity contribution < 1.29 is 19.4 Å². The van der Waals surface area contributed by atoms with E-state index in [1.807, 2.05) is 36.4 Å². The second kappa shape index (κ2) is 14.3. The lowest BCUT2D eigenvalue weighted by molar-refractivity contribution is -0.119. The van der Waals surface area contributed by atoms with Crippen molar-refractivity contribution in [3.05, 3.63) is 70.2 Å². The van der Waals surface area contributed by atoms with E-state index in [4.69, 9.17) is 42.6 Å². The smallest absolute Gasteiger partial charge is 0.237 e. The van der Waals surface area contributed by atoms with Gasteiger partial charge in [-0.1, -0.05) is 59.6 Å². The summed E-state index contributed by atoms with van der Waals surface area (Å²) in [6.07, 6.45) is 4.75. The van der Waals surface area contributed by atoms with Gasteiger partial charge in [0.05, 0.1) is 48.0 Å². The number of rotatable bonds is 12.